The van der Waals surface area contributed by atoms with Crippen LogP contribution in [-0.2, 0) is 4.79 Å². The fourth-order valence-corrected chi connectivity index (χ4v) is 3.82. The molecule has 0 spiro atoms. The minimum Gasteiger partial charge on any atom is -0.480 e. The first kappa shape index (κ1) is 15.6. The molecule has 7 heteroatoms. The molecule has 1 fully saturated rings. The fourth-order valence-electron chi connectivity index (χ4n) is 2.32. The summed E-state index contributed by atoms with van der Waals surface area (Å²) in [5.41, 5.74) is 0.652. The number of amides is 2. The van der Waals surface area contributed by atoms with Gasteiger partial charge in [-0.1, -0.05) is 13.3 Å². The van der Waals surface area contributed by atoms with Gasteiger partial charge in [0, 0.05) is 19.0 Å². The molecule has 2 atom stereocenters. The van der Waals surface area contributed by atoms with Crippen molar-refractivity contribution in [1.82, 2.24) is 9.88 Å². The number of rotatable bonds is 4. The smallest absolute Gasteiger partial charge is 0.327 e. The number of carbonyl (C=O) groups is 2. The minimum absolute atomic E-state index is 0.0808. The van der Waals surface area contributed by atoms with Crippen molar-refractivity contribution in [2.75, 3.05) is 17.7 Å². The third kappa shape index (κ3) is 3.29. The molecule has 0 saturated carbocycles. The van der Waals surface area contributed by atoms with E-state index in [-0.39, 0.29) is 11.4 Å². The standard InChI is InChI=1S/C14H19N3O3S/c1-3-5-12-17(11(9-21-12)13(18)19)14(20)16(2)10-6-4-7-15-8-10/h4,6-8,11-12H,3,5,9H2,1-2H3,(H,18,19). The van der Waals surface area contributed by atoms with E-state index in [1.807, 2.05) is 6.92 Å². The number of urea groups is 1. The van der Waals surface area contributed by atoms with Crippen molar-refractivity contribution in [2.24, 2.45) is 0 Å². The molecule has 1 aliphatic rings. The Kier molecular flexibility index (Phi) is 5.06. The number of carboxylic acid groups (broad SMARTS) is 1. The van der Waals surface area contributed by atoms with Crippen LogP contribution in [0.15, 0.2) is 24.5 Å². The van der Waals surface area contributed by atoms with Crippen molar-refractivity contribution < 1.29 is 14.7 Å². The van der Waals surface area contributed by atoms with Crippen LogP contribution >= 0.6 is 11.8 Å². The monoisotopic (exact) mass is 309 g/mol. The van der Waals surface area contributed by atoms with E-state index < -0.39 is 12.0 Å². The van der Waals surface area contributed by atoms with Crippen LogP contribution in [0.1, 0.15) is 19.8 Å². The van der Waals surface area contributed by atoms with E-state index in [0.29, 0.717) is 11.4 Å². The molecule has 1 aromatic heterocycles. The molecule has 1 aliphatic heterocycles. The van der Waals surface area contributed by atoms with Crippen molar-refractivity contribution in [1.29, 1.82) is 0 Å². The summed E-state index contributed by atoms with van der Waals surface area (Å²) in [6.07, 6.45) is 4.92. The van der Waals surface area contributed by atoms with Gasteiger partial charge in [-0.25, -0.2) is 9.59 Å². The maximum absolute atomic E-state index is 12.7. The first-order valence-corrected chi connectivity index (χ1v) is 7.91. The summed E-state index contributed by atoms with van der Waals surface area (Å²) in [6.45, 7) is 2.03. The van der Waals surface area contributed by atoms with Crippen molar-refractivity contribution in [3.05, 3.63) is 24.5 Å². The lowest BCUT2D eigenvalue weighted by Crippen LogP contribution is -2.50. The predicted molar refractivity (Wildman–Crippen MR) is 82.5 cm³/mol. The number of anilines is 1. The molecule has 1 aromatic rings. The van der Waals surface area contributed by atoms with Gasteiger partial charge in [0.1, 0.15) is 6.04 Å². The van der Waals surface area contributed by atoms with E-state index in [2.05, 4.69) is 4.98 Å². The van der Waals surface area contributed by atoms with E-state index in [4.69, 9.17) is 0 Å². The Morgan fingerprint density at radius 1 is 1.57 bits per heavy atom. The number of hydrogen-bond donors (Lipinski definition) is 1. The molecule has 2 heterocycles. The van der Waals surface area contributed by atoms with Crippen LogP contribution in [0.4, 0.5) is 10.5 Å². The van der Waals surface area contributed by atoms with Crippen LogP contribution in [0.3, 0.4) is 0 Å². The number of nitrogens with zero attached hydrogens (tertiary/aromatic N) is 3. The quantitative estimate of drug-likeness (QED) is 0.923. The van der Waals surface area contributed by atoms with E-state index in [9.17, 15) is 14.7 Å². The third-order valence-electron chi connectivity index (χ3n) is 3.45. The minimum atomic E-state index is -0.950. The Hall–Kier alpha value is -1.76. The Bertz CT molecular complexity index is 511. The van der Waals surface area contributed by atoms with Gasteiger partial charge in [0.2, 0.25) is 0 Å². The molecule has 0 bridgehead atoms. The van der Waals surface area contributed by atoms with E-state index in [1.54, 1.807) is 31.6 Å². The van der Waals surface area contributed by atoms with Gasteiger partial charge in [0.05, 0.1) is 17.3 Å². The van der Waals surface area contributed by atoms with Crippen molar-refractivity contribution in [3.8, 4) is 0 Å². The molecule has 1 saturated heterocycles. The number of aliphatic carboxylic acids is 1. The summed E-state index contributed by atoms with van der Waals surface area (Å²) in [4.78, 5) is 31.0. The first-order chi connectivity index (χ1) is 10.1. The van der Waals surface area contributed by atoms with Crippen molar-refractivity contribution in [2.45, 2.75) is 31.2 Å². The molecule has 114 valence electrons. The molecular formula is C14H19N3O3S. The maximum atomic E-state index is 12.7. The second-order valence-electron chi connectivity index (χ2n) is 4.89. The van der Waals surface area contributed by atoms with Crippen LogP contribution in [0, 0.1) is 0 Å². The zero-order valence-corrected chi connectivity index (χ0v) is 12.9. The fraction of sp³-hybridized carbons (Fsp3) is 0.500. The lowest BCUT2D eigenvalue weighted by molar-refractivity contribution is -0.141. The Morgan fingerprint density at radius 3 is 2.90 bits per heavy atom. The van der Waals surface area contributed by atoms with E-state index >= 15 is 0 Å². The molecule has 2 amide bonds. The number of carboxylic acids is 1. The van der Waals surface area contributed by atoms with Gasteiger partial charge in [-0.05, 0) is 18.6 Å². The van der Waals surface area contributed by atoms with Crippen molar-refractivity contribution >= 4 is 29.4 Å². The van der Waals surface area contributed by atoms with Crippen molar-refractivity contribution in [3.63, 3.8) is 0 Å². The zero-order chi connectivity index (χ0) is 15.4. The highest BCUT2D eigenvalue weighted by Gasteiger charge is 2.42. The maximum Gasteiger partial charge on any atom is 0.327 e. The van der Waals surface area contributed by atoms with Gasteiger partial charge in [0.15, 0.2) is 0 Å². The van der Waals surface area contributed by atoms with Gasteiger partial charge in [-0.15, -0.1) is 11.8 Å². The highest BCUT2D eigenvalue weighted by Crippen LogP contribution is 2.33. The largest absolute Gasteiger partial charge is 0.480 e. The summed E-state index contributed by atoms with van der Waals surface area (Å²) in [6, 6.07) is 2.46. The first-order valence-electron chi connectivity index (χ1n) is 6.86. The molecule has 6 nitrogen and oxygen atoms in total. The lowest BCUT2D eigenvalue weighted by Gasteiger charge is -2.31. The van der Waals surface area contributed by atoms with Gasteiger partial charge in [-0.3, -0.25) is 14.8 Å². The van der Waals surface area contributed by atoms with Crippen LogP contribution < -0.4 is 4.90 Å². The number of aromatic nitrogens is 1. The second-order valence-corrected chi connectivity index (χ2v) is 6.10. The summed E-state index contributed by atoms with van der Waals surface area (Å²) in [5, 5.41) is 9.25. The number of carbonyl (C=O) groups excluding carboxylic acids is 1. The topological polar surface area (TPSA) is 73.7 Å². The number of hydrogen-bond acceptors (Lipinski definition) is 4. The van der Waals surface area contributed by atoms with Gasteiger partial charge >= 0.3 is 12.0 Å². The van der Waals surface area contributed by atoms with Gasteiger partial charge in [-0.2, -0.15) is 0 Å². The van der Waals surface area contributed by atoms with E-state index in [1.165, 1.54) is 21.6 Å². The highest BCUT2D eigenvalue weighted by atomic mass is 32.2. The second kappa shape index (κ2) is 6.80. The lowest BCUT2D eigenvalue weighted by atomic mass is 10.2. The Balaban J connectivity index is 2.22. The molecule has 0 aromatic carbocycles. The van der Waals surface area contributed by atoms with Crippen LogP contribution in [0.25, 0.3) is 0 Å². The third-order valence-corrected chi connectivity index (χ3v) is 4.81. The molecule has 2 unspecified atom stereocenters. The predicted octanol–water partition coefficient (Wildman–Crippen LogP) is 2.27. The summed E-state index contributed by atoms with van der Waals surface area (Å²) in [7, 11) is 1.64. The summed E-state index contributed by atoms with van der Waals surface area (Å²) < 4.78 is 0. The normalized spacial score (nSPS) is 21.3. The summed E-state index contributed by atoms with van der Waals surface area (Å²) in [5.74, 6) is -0.513. The molecular weight excluding hydrogens is 290 g/mol. The van der Waals surface area contributed by atoms with Gasteiger partial charge in [0.25, 0.3) is 0 Å². The number of thioether (sulfide) groups is 1. The number of pyridine rings is 1. The molecule has 0 radical (unpaired) electrons. The Labute approximate surface area is 128 Å². The molecule has 0 aliphatic carbocycles. The van der Waals surface area contributed by atoms with Crippen LogP contribution in [0.2, 0.25) is 0 Å². The van der Waals surface area contributed by atoms with E-state index in [0.717, 1.165) is 12.8 Å². The zero-order valence-electron chi connectivity index (χ0n) is 12.1. The molecule has 1 N–H and O–H groups in total. The molecule has 2 rings (SSSR count). The van der Waals surface area contributed by atoms with Gasteiger partial charge < -0.3 is 5.11 Å². The highest BCUT2D eigenvalue weighted by molar-refractivity contribution is 8.00. The van der Waals surface area contributed by atoms with Crippen LogP contribution in [-0.4, -0.2) is 51.2 Å². The average Bonchev–Trinajstić information content (AvgIpc) is 2.91. The molecule has 21 heavy (non-hydrogen) atoms. The SMILES string of the molecule is CCCC1SCC(C(=O)O)N1C(=O)N(C)c1cccnc1. The average molecular weight is 309 g/mol. The van der Waals surface area contributed by atoms with Crippen LogP contribution in [0.5, 0.6) is 0 Å². The Morgan fingerprint density at radius 2 is 2.33 bits per heavy atom. The summed E-state index contributed by atoms with van der Waals surface area (Å²) >= 11 is 1.53.